The highest BCUT2D eigenvalue weighted by atomic mass is 35.5. The Kier molecular flexibility index (Phi) is 4.94. The molecule has 1 aromatic carbocycles. The number of nitrogens with zero attached hydrogens (tertiary/aromatic N) is 1. The number of carbonyl (C=O) groups is 1. The van der Waals surface area contributed by atoms with Gasteiger partial charge in [-0.05, 0) is 48.4 Å². The molecule has 0 radical (unpaired) electrons. The quantitative estimate of drug-likeness (QED) is 0.838. The minimum absolute atomic E-state index is 0.405. The van der Waals surface area contributed by atoms with Crippen LogP contribution in [0.5, 0.6) is 0 Å². The van der Waals surface area contributed by atoms with Crippen LogP contribution in [0.15, 0.2) is 24.3 Å². The maximum Gasteiger partial charge on any atom is 0.328 e. The summed E-state index contributed by atoms with van der Waals surface area (Å²) in [4.78, 5) is 12.9. The van der Waals surface area contributed by atoms with E-state index in [1.807, 2.05) is 18.2 Å². The molecular weight excluding hydrogens is 286 g/mol. The molecule has 1 fully saturated rings. The Morgan fingerprint density at radius 2 is 2.10 bits per heavy atom. The predicted molar refractivity (Wildman–Crippen MR) is 88.0 cm³/mol. The molecule has 21 heavy (non-hydrogen) atoms. The van der Waals surface area contributed by atoms with Gasteiger partial charge in [0, 0.05) is 29.9 Å². The Labute approximate surface area is 131 Å². The molecule has 0 aromatic heterocycles. The van der Waals surface area contributed by atoms with Gasteiger partial charge in [0.2, 0.25) is 0 Å². The van der Waals surface area contributed by atoms with Gasteiger partial charge in [-0.1, -0.05) is 31.5 Å². The highest BCUT2D eigenvalue weighted by Gasteiger charge is 2.23. The van der Waals surface area contributed by atoms with E-state index in [9.17, 15) is 4.79 Å². The number of hydrogen-bond acceptors (Lipinski definition) is 2. The molecule has 0 amide bonds. The number of aliphatic carboxylic acids is 1. The maximum atomic E-state index is 10.6. The molecule has 114 valence electrons. The first-order valence-electron chi connectivity index (χ1n) is 7.33. The van der Waals surface area contributed by atoms with Crippen molar-refractivity contribution in [3.63, 3.8) is 0 Å². The van der Waals surface area contributed by atoms with Crippen molar-refractivity contribution in [2.45, 2.75) is 33.1 Å². The lowest BCUT2D eigenvalue weighted by Gasteiger charge is -2.25. The highest BCUT2D eigenvalue weighted by molar-refractivity contribution is 6.32. The first-order valence-corrected chi connectivity index (χ1v) is 7.71. The molecule has 0 saturated carbocycles. The van der Waals surface area contributed by atoms with Crippen LogP contribution in [0.3, 0.4) is 0 Å². The van der Waals surface area contributed by atoms with Crippen LogP contribution in [0.2, 0.25) is 5.02 Å². The molecule has 2 rings (SSSR count). The van der Waals surface area contributed by atoms with Gasteiger partial charge in [0.1, 0.15) is 0 Å². The normalized spacial score (nSPS) is 18.7. The van der Waals surface area contributed by atoms with Gasteiger partial charge in [0.05, 0.1) is 0 Å². The van der Waals surface area contributed by atoms with E-state index in [1.165, 1.54) is 25.3 Å². The van der Waals surface area contributed by atoms with E-state index in [0.717, 1.165) is 30.4 Å². The van der Waals surface area contributed by atoms with E-state index in [2.05, 4.69) is 18.7 Å². The fraction of sp³-hybridized carbons (Fsp3) is 0.471. The average Bonchev–Trinajstić information content (AvgIpc) is 2.58. The van der Waals surface area contributed by atoms with Crippen LogP contribution in [0.1, 0.15) is 38.7 Å². The Bertz CT molecular complexity index is 552. The van der Waals surface area contributed by atoms with Gasteiger partial charge in [-0.2, -0.15) is 0 Å². The number of hydrogen-bond donors (Lipinski definition) is 1. The van der Waals surface area contributed by atoms with E-state index in [0.29, 0.717) is 10.4 Å². The van der Waals surface area contributed by atoms with Gasteiger partial charge < -0.3 is 10.0 Å². The summed E-state index contributed by atoms with van der Waals surface area (Å²) in [6, 6.07) is 5.83. The highest BCUT2D eigenvalue weighted by Crippen LogP contribution is 2.33. The van der Waals surface area contributed by atoms with E-state index in [-0.39, 0.29) is 0 Å². The van der Waals surface area contributed by atoms with Gasteiger partial charge in [-0.3, -0.25) is 0 Å². The zero-order chi connectivity index (χ0) is 15.5. The minimum Gasteiger partial charge on any atom is -0.478 e. The smallest absolute Gasteiger partial charge is 0.328 e. The van der Waals surface area contributed by atoms with Crippen LogP contribution in [-0.2, 0) is 4.79 Å². The van der Waals surface area contributed by atoms with Crippen LogP contribution in [0, 0.1) is 5.41 Å². The van der Waals surface area contributed by atoms with Crippen molar-refractivity contribution >= 4 is 29.3 Å². The van der Waals surface area contributed by atoms with Crippen molar-refractivity contribution in [2.24, 2.45) is 5.41 Å². The van der Waals surface area contributed by atoms with Gasteiger partial charge in [-0.25, -0.2) is 4.79 Å². The molecular formula is C17H22ClNO2. The number of anilines is 1. The third-order valence-electron chi connectivity index (χ3n) is 4.09. The van der Waals surface area contributed by atoms with Crippen LogP contribution < -0.4 is 4.90 Å². The lowest BCUT2D eigenvalue weighted by Crippen LogP contribution is -2.24. The number of carboxylic acid groups (broad SMARTS) is 1. The molecule has 4 heteroatoms. The van der Waals surface area contributed by atoms with Crippen LogP contribution in [0.25, 0.3) is 6.08 Å². The van der Waals surface area contributed by atoms with Gasteiger partial charge in [0.25, 0.3) is 0 Å². The van der Waals surface area contributed by atoms with Gasteiger partial charge in [0.15, 0.2) is 0 Å². The molecule has 1 heterocycles. The van der Waals surface area contributed by atoms with E-state index >= 15 is 0 Å². The van der Waals surface area contributed by atoms with Crippen LogP contribution >= 0.6 is 11.6 Å². The van der Waals surface area contributed by atoms with Crippen LogP contribution in [0.4, 0.5) is 5.69 Å². The van der Waals surface area contributed by atoms with Crippen LogP contribution in [-0.4, -0.2) is 24.2 Å². The summed E-state index contributed by atoms with van der Waals surface area (Å²) in [6.07, 6.45) is 6.24. The third kappa shape index (κ3) is 4.50. The molecule has 1 saturated heterocycles. The lowest BCUT2D eigenvalue weighted by atomic mass is 9.85. The predicted octanol–water partition coefficient (Wildman–Crippen LogP) is 4.45. The van der Waals surface area contributed by atoms with Crippen molar-refractivity contribution < 1.29 is 9.90 Å². The SMILES string of the molecule is CC1(C)CCCN(c2ccc(/C=C/C(=O)O)c(Cl)c2)CC1. The average molecular weight is 308 g/mol. The van der Waals surface area contributed by atoms with E-state index < -0.39 is 5.97 Å². The van der Waals surface area contributed by atoms with Crippen molar-refractivity contribution in [1.82, 2.24) is 0 Å². The summed E-state index contributed by atoms with van der Waals surface area (Å²) in [6.45, 7) is 6.73. The molecule has 0 spiro atoms. The summed E-state index contributed by atoms with van der Waals surface area (Å²) in [5, 5.41) is 9.26. The molecule has 1 aliphatic rings. The van der Waals surface area contributed by atoms with E-state index in [1.54, 1.807) is 0 Å². The first kappa shape index (κ1) is 15.9. The Morgan fingerprint density at radius 3 is 2.76 bits per heavy atom. The molecule has 0 bridgehead atoms. The standard InChI is InChI=1S/C17H22ClNO2/c1-17(2)8-3-10-19(11-9-17)14-6-4-13(15(18)12-14)5-7-16(20)21/h4-7,12H,3,8-11H2,1-2H3,(H,20,21)/b7-5+. The first-order chi connectivity index (χ1) is 9.87. The summed E-state index contributed by atoms with van der Waals surface area (Å²) in [7, 11) is 0. The Hall–Kier alpha value is -1.48. The molecule has 0 atom stereocenters. The molecule has 1 N–H and O–H groups in total. The third-order valence-corrected chi connectivity index (χ3v) is 4.42. The maximum absolute atomic E-state index is 10.6. The number of benzene rings is 1. The minimum atomic E-state index is -0.968. The molecule has 3 nitrogen and oxygen atoms in total. The molecule has 0 unspecified atom stereocenters. The van der Waals surface area contributed by atoms with Gasteiger partial charge >= 0.3 is 5.97 Å². The zero-order valence-electron chi connectivity index (χ0n) is 12.6. The number of carboxylic acids is 1. The zero-order valence-corrected chi connectivity index (χ0v) is 13.4. The molecule has 1 aliphatic heterocycles. The fourth-order valence-corrected chi connectivity index (χ4v) is 2.93. The second kappa shape index (κ2) is 6.52. The van der Waals surface area contributed by atoms with Crippen molar-refractivity contribution in [3.05, 3.63) is 34.9 Å². The summed E-state index contributed by atoms with van der Waals surface area (Å²) < 4.78 is 0. The summed E-state index contributed by atoms with van der Waals surface area (Å²) >= 11 is 6.26. The van der Waals surface area contributed by atoms with Gasteiger partial charge in [-0.15, -0.1) is 0 Å². The second-order valence-electron chi connectivity index (χ2n) is 6.38. The number of rotatable bonds is 3. The lowest BCUT2D eigenvalue weighted by molar-refractivity contribution is -0.131. The molecule has 1 aromatic rings. The summed E-state index contributed by atoms with van der Waals surface area (Å²) in [5.74, 6) is -0.968. The topological polar surface area (TPSA) is 40.5 Å². The second-order valence-corrected chi connectivity index (χ2v) is 6.79. The molecule has 0 aliphatic carbocycles. The monoisotopic (exact) mass is 307 g/mol. The Morgan fingerprint density at radius 1 is 1.33 bits per heavy atom. The van der Waals surface area contributed by atoms with E-state index in [4.69, 9.17) is 16.7 Å². The number of halogens is 1. The fourth-order valence-electron chi connectivity index (χ4n) is 2.69. The van der Waals surface area contributed by atoms with Crippen molar-refractivity contribution in [3.8, 4) is 0 Å². The van der Waals surface area contributed by atoms with Crippen molar-refractivity contribution in [1.29, 1.82) is 0 Å². The summed E-state index contributed by atoms with van der Waals surface area (Å²) in [5.41, 5.74) is 2.26. The largest absolute Gasteiger partial charge is 0.478 e. The van der Waals surface area contributed by atoms with Crippen molar-refractivity contribution in [2.75, 3.05) is 18.0 Å². The Balaban J connectivity index is 2.14.